The molecule has 96 valence electrons. The van der Waals surface area contributed by atoms with Crippen LogP contribution in [0.15, 0.2) is 42.7 Å². The summed E-state index contributed by atoms with van der Waals surface area (Å²) in [5.74, 6) is 0. The average molecular weight is 252 g/mol. The Hall–Kier alpha value is -2.54. The van der Waals surface area contributed by atoms with Gasteiger partial charge in [0.25, 0.3) is 0 Å². The van der Waals surface area contributed by atoms with Gasteiger partial charge in [0, 0.05) is 26.0 Å². The number of anilines is 2. The lowest BCUT2D eigenvalue weighted by Crippen LogP contribution is -2.21. The van der Waals surface area contributed by atoms with Crippen LogP contribution in [-0.4, -0.2) is 18.6 Å². The van der Waals surface area contributed by atoms with E-state index in [9.17, 15) is 0 Å². The van der Waals surface area contributed by atoms with Crippen molar-refractivity contribution in [1.82, 2.24) is 4.98 Å². The first kappa shape index (κ1) is 12.9. The lowest BCUT2D eigenvalue weighted by atomic mass is 10.1. The number of hydrogen-bond acceptors (Lipinski definition) is 4. The van der Waals surface area contributed by atoms with E-state index in [2.05, 4.69) is 22.0 Å². The standard InChI is InChI=1S/C15H16N4/c1-19(8-6-12-3-2-7-18-11-12)15-9-13(10-16)4-5-14(15)17/h2-5,7,9,11H,6,8,17H2,1H3. The third-order valence-electron chi connectivity index (χ3n) is 3.03. The number of benzene rings is 1. The van der Waals surface area contributed by atoms with Crippen molar-refractivity contribution in [3.8, 4) is 6.07 Å². The van der Waals surface area contributed by atoms with Gasteiger partial charge in [0.05, 0.1) is 23.0 Å². The molecule has 0 bridgehead atoms. The highest BCUT2D eigenvalue weighted by Crippen LogP contribution is 2.23. The van der Waals surface area contributed by atoms with Gasteiger partial charge in [-0.2, -0.15) is 5.26 Å². The highest BCUT2D eigenvalue weighted by molar-refractivity contribution is 5.69. The minimum atomic E-state index is 0.623. The third kappa shape index (κ3) is 3.23. The Labute approximate surface area is 113 Å². The van der Waals surface area contributed by atoms with Crippen LogP contribution < -0.4 is 10.6 Å². The number of nitrogen functional groups attached to an aromatic ring is 1. The number of nitrogens with two attached hydrogens (primary N) is 1. The first-order chi connectivity index (χ1) is 9.20. The molecule has 2 N–H and O–H groups in total. The van der Waals surface area contributed by atoms with E-state index in [1.807, 2.05) is 25.4 Å². The second-order valence-electron chi connectivity index (χ2n) is 4.42. The monoisotopic (exact) mass is 252 g/mol. The maximum atomic E-state index is 8.93. The van der Waals surface area contributed by atoms with E-state index >= 15 is 0 Å². The summed E-state index contributed by atoms with van der Waals surface area (Å²) < 4.78 is 0. The summed E-state index contributed by atoms with van der Waals surface area (Å²) in [6, 6.07) is 11.4. The highest BCUT2D eigenvalue weighted by Gasteiger charge is 2.06. The van der Waals surface area contributed by atoms with Crippen LogP contribution in [-0.2, 0) is 6.42 Å². The van der Waals surface area contributed by atoms with Crippen LogP contribution in [0.5, 0.6) is 0 Å². The number of likely N-dealkylation sites (N-methyl/N-ethyl adjacent to an activating group) is 1. The quantitative estimate of drug-likeness (QED) is 0.847. The Kier molecular flexibility index (Phi) is 3.99. The molecular formula is C15H16N4. The number of rotatable bonds is 4. The molecule has 4 heteroatoms. The van der Waals surface area contributed by atoms with E-state index in [-0.39, 0.29) is 0 Å². The predicted molar refractivity (Wildman–Crippen MR) is 76.8 cm³/mol. The van der Waals surface area contributed by atoms with E-state index < -0.39 is 0 Å². The fourth-order valence-corrected chi connectivity index (χ4v) is 1.91. The maximum absolute atomic E-state index is 8.93. The molecule has 4 nitrogen and oxygen atoms in total. The third-order valence-corrected chi connectivity index (χ3v) is 3.03. The topological polar surface area (TPSA) is 65.9 Å². The molecule has 0 aliphatic heterocycles. The summed E-state index contributed by atoms with van der Waals surface area (Å²) in [5, 5.41) is 8.93. The van der Waals surface area contributed by atoms with Gasteiger partial charge in [-0.05, 0) is 36.2 Å². The Morgan fingerprint density at radius 3 is 2.89 bits per heavy atom. The molecule has 0 aliphatic carbocycles. The molecule has 0 fully saturated rings. The average Bonchev–Trinajstić information content (AvgIpc) is 2.46. The van der Waals surface area contributed by atoms with Crippen molar-refractivity contribution in [2.24, 2.45) is 0 Å². The molecule has 0 aliphatic rings. The zero-order valence-electron chi connectivity index (χ0n) is 10.9. The van der Waals surface area contributed by atoms with Crippen LogP contribution in [0.1, 0.15) is 11.1 Å². The molecule has 0 unspecified atom stereocenters. The van der Waals surface area contributed by atoms with Gasteiger partial charge >= 0.3 is 0 Å². The lowest BCUT2D eigenvalue weighted by Gasteiger charge is -2.21. The molecule has 1 aromatic carbocycles. The van der Waals surface area contributed by atoms with Gasteiger partial charge in [0.1, 0.15) is 0 Å². The molecule has 2 rings (SSSR count). The molecule has 1 aromatic heterocycles. The molecule has 0 spiro atoms. The van der Waals surface area contributed by atoms with Crippen molar-refractivity contribution < 1.29 is 0 Å². The van der Waals surface area contributed by atoms with Crippen LogP contribution in [0.25, 0.3) is 0 Å². The van der Waals surface area contributed by atoms with E-state index in [4.69, 9.17) is 11.0 Å². The molecule has 1 heterocycles. The molecule has 2 aromatic rings. The second-order valence-corrected chi connectivity index (χ2v) is 4.42. The number of nitrogens with zero attached hydrogens (tertiary/aromatic N) is 3. The van der Waals surface area contributed by atoms with E-state index in [1.54, 1.807) is 18.3 Å². The number of aromatic nitrogens is 1. The minimum absolute atomic E-state index is 0.623. The summed E-state index contributed by atoms with van der Waals surface area (Å²) in [6.07, 6.45) is 4.52. The van der Waals surface area contributed by atoms with E-state index in [0.29, 0.717) is 11.3 Å². The second kappa shape index (κ2) is 5.87. The van der Waals surface area contributed by atoms with Gasteiger partial charge in [-0.15, -0.1) is 0 Å². The van der Waals surface area contributed by atoms with E-state index in [1.165, 1.54) is 5.56 Å². The molecule has 0 radical (unpaired) electrons. The smallest absolute Gasteiger partial charge is 0.0992 e. The number of pyridine rings is 1. The molecule has 0 atom stereocenters. The van der Waals surface area contributed by atoms with Crippen molar-refractivity contribution >= 4 is 11.4 Å². The van der Waals surface area contributed by atoms with Gasteiger partial charge in [-0.3, -0.25) is 4.98 Å². The first-order valence-corrected chi connectivity index (χ1v) is 6.10. The number of nitriles is 1. The van der Waals surface area contributed by atoms with Gasteiger partial charge in [0.15, 0.2) is 0 Å². The van der Waals surface area contributed by atoms with Crippen molar-refractivity contribution in [2.45, 2.75) is 6.42 Å². The summed E-state index contributed by atoms with van der Waals surface area (Å²) in [5.41, 5.74) is 9.34. The Balaban J connectivity index is 2.08. The predicted octanol–water partition coefficient (Wildman–Crippen LogP) is 2.21. The van der Waals surface area contributed by atoms with Crippen molar-refractivity contribution in [1.29, 1.82) is 5.26 Å². The van der Waals surface area contributed by atoms with Crippen LogP contribution in [0.2, 0.25) is 0 Å². The van der Waals surface area contributed by atoms with E-state index in [0.717, 1.165) is 18.7 Å². The van der Waals surface area contributed by atoms with Gasteiger partial charge in [-0.25, -0.2) is 0 Å². The Morgan fingerprint density at radius 2 is 2.21 bits per heavy atom. The fraction of sp³-hybridized carbons (Fsp3) is 0.200. The molecule has 0 saturated carbocycles. The first-order valence-electron chi connectivity index (χ1n) is 6.10. The summed E-state index contributed by atoms with van der Waals surface area (Å²) >= 11 is 0. The van der Waals surface area contributed by atoms with Crippen molar-refractivity contribution in [3.63, 3.8) is 0 Å². The van der Waals surface area contributed by atoms with Crippen LogP contribution in [0, 0.1) is 11.3 Å². The lowest BCUT2D eigenvalue weighted by molar-refractivity contribution is 0.873. The van der Waals surface area contributed by atoms with Gasteiger partial charge in [-0.1, -0.05) is 6.07 Å². The maximum Gasteiger partial charge on any atom is 0.0992 e. The van der Waals surface area contributed by atoms with Gasteiger partial charge < -0.3 is 10.6 Å². The van der Waals surface area contributed by atoms with Gasteiger partial charge in [0.2, 0.25) is 0 Å². The summed E-state index contributed by atoms with van der Waals surface area (Å²) in [6.45, 7) is 0.824. The van der Waals surface area contributed by atoms with Crippen LogP contribution in [0.3, 0.4) is 0 Å². The molecular weight excluding hydrogens is 236 g/mol. The molecule has 0 amide bonds. The molecule has 19 heavy (non-hydrogen) atoms. The Bertz CT molecular complexity index is 587. The Morgan fingerprint density at radius 1 is 1.37 bits per heavy atom. The SMILES string of the molecule is CN(CCc1cccnc1)c1cc(C#N)ccc1N. The zero-order valence-corrected chi connectivity index (χ0v) is 10.9. The minimum Gasteiger partial charge on any atom is -0.397 e. The van der Waals surface area contributed by atoms with Crippen LogP contribution in [0.4, 0.5) is 11.4 Å². The van der Waals surface area contributed by atoms with Crippen LogP contribution >= 0.6 is 0 Å². The van der Waals surface area contributed by atoms with Crippen molar-refractivity contribution in [2.75, 3.05) is 24.2 Å². The molecule has 0 saturated heterocycles. The summed E-state index contributed by atoms with van der Waals surface area (Å²) in [4.78, 5) is 6.15. The largest absolute Gasteiger partial charge is 0.397 e. The summed E-state index contributed by atoms with van der Waals surface area (Å²) in [7, 11) is 1.98. The zero-order chi connectivity index (χ0) is 13.7. The highest BCUT2D eigenvalue weighted by atomic mass is 15.1. The number of hydrogen-bond donors (Lipinski definition) is 1. The van der Waals surface area contributed by atoms with Crippen molar-refractivity contribution in [3.05, 3.63) is 53.9 Å². The fourth-order valence-electron chi connectivity index (χ4n) is 1.91. The normalized spacial score (nSPS) is 9.89.